The Morgan fingerprint density at radius 1 is 0.667 bits per heavy atom. The monoisotopic (exact) mass is 382 g/mol. The van der Waals surface area contributed by atoms with Gasteiger partial charge in [-0.1, -0.05) is 19.8 Å². The van der Waals surface area contributed by atoms with Gasteiger partial charge in [-0.05, 0) is 52.4 Å². The quantitative estimate of drug-likeness (QED) is 0.377. The maximum atomic E-state index is 12.0. The molecule has 0 fully saturated rings. The van der Waals surface area contributed by atoms with Crippen LogP contribution >= 0.6 is 0 Å². The summed E-state index contributed by atoms with van der Waals surface area (Å²) in [5.74, 6) is 0.480. The number of unbranched alkanes of at least 4 members (excludes halogenated alkanes) is 4. The highest BCUT2D eigenvalue weighted by atomic mass is 16.2. The van der Waals surface area contributed by atoms with Gasteiger partial charge >= 0.3 is 0 Å². The van der Waals surface area contributed by atoms with E-state index in [0.717, 1.165) is 51.4 Å². The van der Waals surface area contributed by atoms with Crippen LogP contribution in [0.25, 0.3) is 0 Å². The summed E-state index contributed by atoms with van der Waals surface area (Å²) in [5.41, 5.74) is 0. The zero-order chi connectivity index (χ0) is 20.5. The minimum atomic E-state index is -0.0236. The summed E-state index contributed by atoms with van der Waals surface area (Å²) >= 11 is 0. The Kier molecular flexibility index (Phi) is 15.4. The van der Waals surface area contributed by atoms with Crippen LogP contribution in [0.15, 0.2) is 0 Å². The first-order valence-corrected chi connectivity index (χ1v) is 10.4. The Balaban J connectivity index is 3.54. The van der Waals surface area contributed by atoms with E-state index in [4.69, 9.17) is 0 Å². The predicted molar refractivity (Wildman–Crippen MR) is 107 cm³/mol. The van der Waals surface area contributed by atoms with Crippen molar-refractivity contribution in [3.63, 3.8) is 0 Å². The summed E-state index contributed by atoms with van der Waals surface area (Å²) in [6, 6.07) is 0. The van der Waals surface area contributed by atoms with Gasteiger partial charge in [0.05, 0.1) is 0 Å². The molecule has 27 heavy (non-hydrogen) atoms. The van der Waals surface area contributed by atoms with Crippen LogP contribution in [0.3, 0.4) is 0 Å². The molecule has 2 amide bonds. The summed E-state index contributed by atoms with van der Waals surface area (Å²) in [6.45, 7) is 6.40. The highest BCUT2D eigenvalue weighted by Crippen LogP contribution is 2.08. The molecule has 156 valence electrons. The lowest BCUT2D eigenvalue weighted by atomic mass is 10.0. The van der Waals surface area contributed by atoms with E-state index in [9.17, 15) is 19.2 Å². The summed E-state index contributed by atoms with van der Waals surface area (Å²) in [4.78, 5) is 45.3. The van der Waals surface area contributed by atoms with Crippen LogP contribution in [0.4, 0.5) is 0 Å². The lowest BCUT2D eigenvalue weighted by Gasteiger charge is -2.12. The van der Waals surface area contributed by atoms with E-state index < -0.39 is 0 Å². The normalized spacial score (nSPS) is 11.7. The third kappa shape index (κ3) is 17.5. The molecule has 6 heteroatoms. The topological polar surface area (TPSA) is 92.3 Å². The number of hydrogen-bond donors (Lipinski definition) is 2. The Bertz CT molecular complexity index is 463. The fourth-order valence-corrected chi connectivity index (χ4v) is 2.74. The Labute approximate surface area is 164 Å². The van der Waals surface area contributed by atoms with Gasteiger partial charge in [-0.25, -0.2) is 0 Å². The number of rotatable bonds is 17. The summed E-state index contributed by atoms with van der Waals surface area (Å²) in [6.07, 6.45) is 8.49. The molecule has 0 unspecified atom stereocenters. The highest BCUT2D eigenvalue weighted by molar-refractivity contribution is 5.78. The minimum absolute atomic E-state index is 0.0236. The molecule has 1 atom stereocenters. The first kappa shape index (κ1) is 25.3. The lowest BCUT2D eigenvalue weighted by Crippen LogP contribution is -2.30. The standard InChI is InChI=1S/C21H38N2O4/c1-17(21(27)23-16-9-4-5-12-18(2)24)11-8-10-15-22-20(26)14-7-6-13-19(3)25/h17H,4-16H2,1-3H3,(H,22,26)(H,23,27)/t17-/m0/s1. The van der Waals surface area contributed by atoms with E-state index in [0.29, 0.717) is 32.4 Å². The third-order valence-corrected chi connectivity index (χ3v) is 4.52. The first-order chi connectivity index (χ1) is 12.8. The second kappa shape index (κ2) is 16.5. The van der Waals surface area contributed by atoms with Gasteiger partial charge in [-0.15, -0.1) is 0 Å². The van der Waals surface area contributed by atoms with Crippen molar-refractivity contribution >= 4 is 23.4 Å². The zero-order valence-corrected chi connectivity index (χ0v) is 17.4. The first-order valence-electron chi connectivity index (χ1n) is 10.4. The van der Waals surface area contributed by atoms with E-state index >= 15 is 0 Å². The van der Waals surface area contributed by atoms with Crippen molar-refractivity contribution in [2.75, 3.05) is 13.1 Å². The van der Waals surface area contributed by atoms with E-state index in [1.807, 2.05) is 6.92 Å². The largest absolute Gasteiger partial charge is 0.356 e. The molecule has 0 aromatic heterocycles. The second-order valence-electron chi connectivity index (χ2n) is 7.46. The number of Topliss-reactive ketones (excluding diaryl/α,β-unsaturated/α-hetero) is 2. The van der Waals surface area contributed by atoms with Gasteiger partial charge in [-0.3, -0.25) is 9.59 Å². The van der Waals surface area contributed by atoms with Crippen LogP contribution in [-0.2, 0) is 19.2 Å². The Hall–Kier alpha value is -1.72. The maximum absolute atomic E-state index is 12.0. The molecule has 0 aliphatic carbocycles. The molecule has 0 aromatic carbocycles. The van der Waals surface area contributed by atoms with Crippen LogP contribution in [0, 0.1) is 5.92 Å². The number of amides is 2. The average molecular weight is 383 g/mol. The van der Waals surface area contributed by atoms with E-state index in [2.05, 4.69) is 10.6 Å². The Morgan fingerprint density at radius 3 is 1.81 bits per heavy atom. The SMILES string of the molecule is CC(=O)CCCCCNC(=O)[C@@H](C)CCCCNC(=O)CCCCC(C)=O. The van der Waals surface area contributed by atoms with Crippen molar-refractivity contribution in [2.24, 2.45) is 5.92 Å². The molecule has 0 aliphatic heterocycles. The molecule has 0 bridgehead atoms. The van der Waals surface area contributed by atoms with Crippen LogP contribution < -0.4 is 10.6 Å². The average Bonchev–Trinajstić information content (AvgIpc) is 2.60. The highest BCUT2D eigenvalue weighted by Gasteiger charge is 2.11. The molecular formula is C21H38N2O4. The molecular weight excluding hydrogens is 344 g/mol. The third-order valence-electron chi connectivity index (χ3n) is 4.52. The number of ketones is 2. The molecule has 0 rings (SSSR count). The van der Waals surface area contributed by atoms with Crippen molar-refractivity contribution in [2.45, 2.75) is 91.4 Å². The predicted octanol–water partition coefficient (Wildman–Crippen LogP) is 3.32. The van der Waals surface area contributed by atoms with Crippen molar-refractivity contribution in [1.82, 2.24) is 10.6 Å². The molecule has 0 heterocycles. The fourth-order valence-electron chi connectivity index (χ4n) is 2.74. The summed E-state index contributed by atoms with van der Waals surface area (Å²) in [5, 5.41) is 5.84. The van der Waals surface area contributed by atoms with E-state index in [-0.39, 0.29) is 29.3 Å². The van der Waals surface area contributed by atoms with Crippen LogP contribution in [0.2, 0.25) is 0 Å². The van der Waals surface area contributed by atoms with Gasteiger partial charge in [0.15, 0.2) is 0 Å². The van der Waals surface area contributed by atoms with Crippen molar-refractivity contribution in [3.8, 4) is 0 Å². The molecule has 0 saturated heterocycles. The molecule has 0 radical (unpaired) electrons. The lowest BCUT2D eigenvalue weighted by molar-refractivity contribution is -0.125. The van der Waals surface area contributed by atoms with Crippen LogP contribution in [0.5, 0.6) is 0 Å². The van der Waals surface area contributed by atoms with Gasteiger partial charge in [-0.2, -0.15) is 0 Å². The minimum Gasteiger partial charge on any atom is -0.356 e. The van der Waals surface area contributed by atoms with Crippen LogP contribution in [0.1, 0.15) is 91.4 Å². The molecule has 6 nitrogen and oxygen atoms in total. The summed E-state index contributed by atoms with van der Waals surface area (Å²) in [7, 11) is 0. The van der Waals surface area contributed by atoms with Crippen molar-refractivity contribution < 1.29 is 19.2 Å². The molecule has 0 spiro atoms. The molecule has 0 aromatic rings. The van der Waals surface area contributed by atoms with Gasteiger partial charge in [0.1, 0.15) is 11.6 Å². The zero-order valence-electron chi connectivity index (χ0n) is 17.4. The Morgan fingerprint density at radius 2 is 1.19 bits per heavy atom. The van der Waals surface area contributed by atoms with Crippen molar-refractivity contribution in [3.05, 3.63) is 0 Å². The number of nitrogens with one attached hydrogen (secondary N) is 2. The summed E-state index contributed by atoms with van der Waals surface area (Å²) < 4.78 is 0. The fraction of sp³-hybridized carbons (Fsp3) is 0.810. The van der Waals surface area contributed by atoms with E-state index in [1.165, 1.54) is 0 Å². The van der Waals surface area contributed by atoms with Gasteiger partial charge in [0.25, 0.3) is 0 Å². The van der Waals surface area contributed by atoms with E-state index in [1.54, 1.807) is 13.8 Å². The molecule has 2 N–H and O–H groups in total. The van der Waals surface area contributed by atoms with Crippen molar-refractivity contribution in [1.29, 1.82) is 0 Å². The molecule has 0 aliphatic rings. The number of carbonyl (C=O) groups excluding carboxylic acids is 4. The van der Waals surface area contributed by atoms with Gasteiger partial charge in [0, 0.05) is 38.3 Å². The maximum Gasteiger partial charge on any atom is 0.222 e. The van der Waals surface area contributed by atoms with Gasteiger partial charge in [0.2, 0.25) is 11.8 Å². The smallest absolute Gasteiger partial charge is 0.222 e. The second-order valence-corrected chi connectivity index (χ2v) is 7.46. The number of carbonyl (C=O) groups is 4. The molecule has 0 saturated carbocycles. The van der Waals surface area contributed by atoms with Crippen LogP contribution in [-0.4, -0.2) is 36.5 Å². The van der Waals surface area contributed by atoms with Gasteiger partial charge < -0.3 is 20.2 Å². The number of hydrogen-bond acceptors (Lipinski definition) is 4.